The summed E-state index contributed by atoms with van der Waals surface area (Å²) in [5.74, 6) is 0.982. The summed E-state index contributed by atoms with van der Waals surface area (Å²) in [6.07, 6.45) is 7.13. The van der Waals surface area contributed by atoms with E-state index < -0.39 is 0 Å². The second-order valence-electron chi connectivity index (χ2n) is 7.10. The Morgan fingerprint density at radius 3 is 2.83 bits per heavy atom. The number of nitrogen functional groups attached to an aromatic ring is 1. The van der Waals surface area contributed by atoms with Gasteiger partial charge in [0, 0.05) is 18.9 Å². The molecule has 0 aliphatic heterocycles. The molecule has 0 spiro atoms. The van der Waals surface area contributed by atoms with Crippen LogP contribution in [0.4, 0.5) is 5.82 Å². The number of aromatic nitrogens is 6. The van der Waals surface area contributed by atoms with Crippen molar-refractivity contribution in [2.75, 3.05) is 12.3 Å². The fraction of sp³-hybridized carbons (Fsp3) is 0.190. The Labute approximate surface area is 171 Å². The molecule has 5 rings (SSSR count). The van der Waals surface area contributed by atoms with Crippen molar-refractivity contribution >= 4 is 33.9 Å². The van der Waals surface area contributed by atoms with Gasteiger partial charge in [-0.1, -0.05) is 6.07 Å². The summed E-state index contributed by atoms with van der Waals surface area (Å²) >= 11 is 0. The van der Waals surface area contributed by atoms with E-state index in [0.29, 0.717) is 35.6 Å². The van der Waals surface area contributed by atoms with E-state index in [4.69, 9.17) is 5.73 Å². The Hall–Kier alpha value is -4.01. The second kappa shape index (κ2) is 6.80. The van der Waals surface area contributed by atoms with Gasteiger partial charge in [0.25, 0.3) is 5.91 Å². The molecule has 0 aliphatic carbocycles. The molecule has 5 aromatic rings. The average Bonchev–Trinajstić information content (AvgIpc) is 3.35. The Bertz CT molecular complexity index is 1380. The average molecular weight is 400 g/mol. The van der Waals surface area contributed by atoms with E-state index in [2.05, 4.69) is 19.9 Å². The molecule has 5 aromatic heterocycles. The van der Waals surface area contributed by atoms with Gasteiger partial charge >= 0.3 is 0 Å². The van der Waals surface area contributed by atoms with Crippen molar-refractivity contribution in [1.82, 2.24) is 33.6 Å². The molecule has 0 radical (unpaired) electrons. The molecule has 30 heavy (non-hydrogen) atoms. The summed E-state index contributed by atoms with van der Waals surface area (Å²) in [6.45, 7) is 4.76. The van der Waals surface area contributed by atoms with Crippen molar-refractivity contribution in [2.45, 2.75) is 20.4 Å². The molecule has 0 aliphatic rings. The minimum Gasteiger partial charge on any atom is -0.382 e. The Balaban J connectivity index is 1.52. The molecule has 0 unspecified atom stereocenters. The molecule has 2 N–H and O–H groups in total. The maximum atomic E-state index is 13.2. The zero-order valence-electron chi connectivity index (χ0n) is 16.6. The van der Waals surface area contributed by atoms with Crippen molar-refractivity contribution < 1.29 is 4.79 Å². The number of imidazole rings is 2. The van der Waals surface area contributed by atoms with E-state index in [1.807, 2.05) is 53.2 Å². The second-order valence-corrected chi connectivity index (χ2v) is 7.10. The number of pyridine rings is 2. The molecular formula is C21H20N8O. The number of nitrogens with two attached hydrogens (primary N) is 1. The molecule has 0 aromatic carbocycles. The van der Waals surface area contributed by atoms with Crippen LogP contribution in [0.5, 0.6) is 0 Å². The number of hydrogen-bond acceptors (Lipinski definition) is 6. The lowest BCUT2D eigenvalue weighted by Crippen LogP contribution is -2.31. The fourth-order valence-corrected chi connectivity index (χ4v) is 3.68. The molecule has 0 saturated carbocycles. The van der Waals surface area contributed by atoms with Crippen molar-refractivity contribution in [1.29, 1.82) is 0 Å². The van der Waals surface area contributed by atoms with E-state index in [-0.39, 0.29) is 5.91 Å². The number of amides is 1. The number of nitrogens with zero attached hydrogens (tertiary/aromatic N) is 7. The molecular weight excluding hydrogens is 380 g/mol. The van der Waals surface area contributed by atoms with Crippen LogP contribution < -0.4 is 5.73 Å². The van der Waals surface area contributed by atoms with Gasteiger partial charge in [-0.15, -0.1) is 0 Å². The van der Waals surface area contributed by atoms with Crippen LogP contribution in [0.15, 0.2) is 49.1 Å². The molecule has 9 heteroatoms. The molecule has 0 fully saturated rings. The maximum Gasteiger partial charge on any atom is 0.272 e. The van der Waals surface area contributed by atoms with Crippen LogP contribution >= 0.6 is 0 Å². The largest absolute Gasteiger partial charge is 0.382 e. The van der Waals surface area contributed by atoms with Crippen LogP contribution in [0.25, 0.3) is 22.2 Å². The quantitative estimate of drug-likeness (QED) is 0.497. The first-order chi connectivity index (χ1) is 14.5. The molecule has 5 heterocycles. The third-order valence-corrected chi connectivity index (χ3v) is 5.20. The van der Waals surface area contributed by atoms with E-state index in [0.717, 1.165) is 22.7 Å². The lowest BCUT2D eigenvalue weighted by molar-refractivity contribution is 0.0745. The van der Waals surface area contributed by atoms with E-state index in [1.54, 1.807) is 23.4 Å². The minimum atomic E-state index is -0.167. The van der Waals surface area contributed by atoms with Gasteiger partial charge in [-0.3, -0.25) is 9.20 Å². The number of anilines is 1. The molecule has 0 bridgehead atoms. The van der Waals surface area contributed by atoms with Gasteiger partial charge in [-0.25, -0.2) is 19.9 Å². The number of fused-ring (bicyclic) bond motifs is 4. The Morgan fingerprint density at radius 1 is 1.17 bits per heavy atom. The lowest BCUT2D eigenvalue weighted by Gasteiger charge is -2.19. The van der Waals surface area contributed by atoms with Crippen LogP contribution in [0.2, 0.25) is 0 Å². The maximum absolute atomic E-state index is 13.2. The molecule has 150 valence electrons. The monoisotopic (exact) mass is 400 g/mol. The van der Waals surface area contributed by atoms with Gasteiger partial charge in [0.05, 0.1) is 30.1 Å². The van der Waals surface area contributed by atoms with E-state index >= 15 is 0 Å². The first kappa shape index (κ1) is 18.0. The highest BCUT2D eigenvalue weighted by Crippen LogP contribution is 2.22. The smallest absolute Gasteiger partial charge is 0.272 e. The molecule has 1 amide bonds. The molecule has 0 saturated heterocycles. The van der Waals surface area contributed by atoms with Gasteiger partial charge < -0.3 is 15.0 Å². The molecule has 0 atom stereocenters. The lowest BCUT2D eigenvalue weighted by atomic mass is 10.2. The highest BCUT2D eigenvalue weighted by atomic mass is 16.2. The van der Waals surface area contributed by atoms with Crippen LogP contribution in [0.3, 0.4) is 0 Å². The summed E-state index contributed by atoms with van der Waals surface area (Å²) in [7, 11) is 0. The topological polar surface area (TPSA) is 107 Å². The zero-order valence-corrected chi connectivity index (χ0v) is 16.6. The number of hydrogen-bond donors (Lipinski definition) is 1. The third kappa shape index (κ3) is 2.83. The number of aryl methyl sites for hydroxylation is 1. The number of carbonyl (C=O) groups excluding carboxylic acids is 1. The van der Waals surface area contributed by atoms with Crippen LogP contribution in [0, 0.1) is 6.92 Å². The first-order valence-corrected chi connectivity index (χ1v) is 9.66. The summed E-state index contributed by atoms with van der Waals surface area (Å²) in [5, 5.41) is 0. The fourth-order valence-electron chi connectivity index (χ4n) is 3.68. The van der Waals surface area contributed by atoms with Crippen molar-refractivity contribution in [2.24, 2.45) is 0 Å². The highest BCUT2D eigenvalue weighted by Gasteiger charge is 2.19. The number of carbonyl (C=O) groups is 1. The van der Waals surface area contributed by atoms with Crippen LogP contribution in [-0.2, 0) is 6.54 Å². The Morgan fingerprint density at radius 2 is 2.03 bits per heavy atom. The van der Waals surface area contributed by atoms with Gasteiger partial charge in [0.2, 0.25) is 0 Å². The van der Waals surface area contributed by atoms with Crippen LogP contribution in [0.1, 0.15) is 28.9 Å². The van der Waals surface area contributed by atoms with Crippen molar-refractivity contribution in [3.63, 3.8) is 0 Å². The highest BCUT2D eigenvalue weighted by molar-refractivity contribution is 5.96. The van der Waals surface area contributed by atoms with Crippen molar-refractivity contribution in [3.8, 4) is 0 Å². The van der Waals surface area contributed by atoms with Crippen molar-refractivity contribution in [3.05, 3.63) is 66.3 Å². The van der Waals surface area contributed by atoms with E-state index in [1.165, 1.54) is 0 Å². The summed E-state index contributed by atoms with van der Waals surface area (Å²) in [4.78, 5) is 32.6. The normalized spacial score (nSPS) is 11.5. The zero-order chi connectivity index (χ0) is 20.8. The SMILES string of the molecule is CCN(Cc1cn2ccccc2n1)C(=O)c1cc2c(cn1)nc(N)c1cnc(C)n12. The molecule has 9 nitrogen and oxygen atoms in total. The summed E-state index contributed by atoms with van der Waals surface area (Å²) in [5.41, 5.74) is 10.1. The predicted octanol–water partition coefficient (Wildman–Crippen LogP) is 2.48. The standard InChI is InChI=1S/C21H20N8O/c1-3-27(11-14-12-28-7-5-4-6-19(28)25-14)21(30)15-8-17-16(9-24-15)26-20(22)18-10-23-13(2)29(17)18/h4-10,12H,3,11H2,1-2H3,(H2,22,26). The van der Waals surface area contributed by atoms with E-state index in [9.17, 15) is 4.79 Å². The Kier molecular flexibility index (Phi) is 4.09. The van der Waals surface area contributed by atoms with Gasteiger partial charge in [0.15, 0.2) is 0 Å². The summed E-state index contributed by atoms with van der Waals surface area (Å²) in [6, 6.07) is 7.56. The summed E-state index contributed by atoms with van der Waals surface area (Å²) < 4.78 is 3.84. The third-order valence-electron chi connectivity index (χ3n) is 5.20. The first-order valence-electron chi connectivity index (χ1n) is 9.66. The van der Waals surface area contributed by atoms with Crippen LogP contribution in [-0.4, -0.2) is 46.1 Å². The van der Waals surface area contributed by atoms with Gasteiger partial charge in [-0.05, 0) is 32.0 Å². The predicted molar refractivity (Wildman–Crippen MR) is 113 cm³/mol. The van der Waals surface area contributed by atoms with Gasteiger partial charge in [-0.2, -0.15) is 0 Å². The van der Waals surface area contributed by atoms with Gasteiger partial charge in [0.1, 0.15) is 34.0 Å². The number of rotatable bonds is 4. The minimum absolute atomic E-state index is 0.167.